The van der Waals surface area contributed by atoms with Gasteiger partial charge in [0.1, 0.15) is 18.0 Å². The highest BCUT2D eigenvalue weighted by Gasteiger charge is 2.32. The summed E-state index contributed by atoms with van der Waals surface area (Å²) in [6.45, 7) is 1.40. The molecule has 1 aromatic carbocycles. The second-order valence-corrected chi connectivity index (χ2v) is 6.37. The van der Waals surface area contributed by atoms with Gasteiger partial charge >= 0.3 is 0 Å². The van der Waals surface area contributed by atoms with Gasteiger partial charge in [0.05, 0.1) is 11.8 Å². The van der Waals surface area contributed by atoms with Crippen LogP contribution in [0, 0.1) is 0 Å². The first kappa shape index (κ1) is 16.5. The van der Waals surface area contributed by atoms with Gasteiger partial charge in [-0.15, -0.1) is 0 Å². The molecule has 0 saturated carbocycles. The van der Waals surface area contributed by atoms with E-state index in [-0.39, 0.29) is 12.5 Å². The third kappa shape index (κ3) is 3.94. The number of rotatable bonds is 4. The van der Waals surface area contributed by atoms with E-state index < -0.39 is 5.60 Å². The van der Waals surface area contributed by atoms with Crippen molar-refractivity contribution < 1.29 is 14.6 Å². The van der Waals surface area contributed by atoms with Gasteiger partial charge in [-0.1, -0.05) is 18.2 Å². The second kappa shape index (κ2) is 7.05. The summed E-state index contributed by atoms with van der Waals surface area (Å²) < 4.78 is 7.34. The van der Waals surface area contributed by atoms with E-state index in [1.807, 2.05) is 30.3 Å². The minimum absolute atomic E-state index is 0.0312. The Morgan fingerprint density at radius 2 is 2.08 bits per heavy atom. The summed E-state index contributed by atoms with van der Waals surface area (Å²) in [5, 5.41) is 14.9. The van der Waals surface area contributed by atoms with Gasteiger partial charge in [-0.25, -0.2) is 0 Å². The first-order valence-corrected chi connectivity index (χ1v) is 8.24. The molecule has 3 rings (SSSR count). The number of hydrogen-bond donors (Lipinski definition) is 1. The molecule has 6 nitrogen and oxygen atoms in total. The molecule has 2 heterocycles. The molecule has 2 aromatic rings. The molecule has 1 fully saturated rings. The van der Waals surface area contributed by atoms with Crippen LogP contribution in [0.2, 0.25) is 0 Å². The topological polar surface area (TPSA) is 67.6 Å². The third-order valence-corrected chi connectivity index (χ3v) is 4.41. The standard InChI is InChI=1S/C18H23N3O3/c1-20-13-15(12-19-20)17(22)21-10-5-8-18(23,9-11-21)14-24-16-6-3-2-4-7-16/h2-4,6-7,12-13,23H,5,8-11,14H2,1H3. The van der Waals surface area contributed by atoms with E-state index in [0.717, 1.165) is 12.2 Å². The molecule has 1 amide bonds. The van der Waals surface area contributed by atoms with Crippen molar-refractivity contribution in [2.45, 2.75) is 24.9 Å². The highest BCUT2D eigenvalue weighted by Crippen LogP contribution is 2.24. The number of nitrogens with zero attached hydrogens (tertiary/aromatic N) is 3. The van der Waals surface area contributed by atoms with E-state index >= 15 is 0 Å². The number of likely N-dealkylation sites (tertiary alicyclic amines) is 1. The fraction of sp³-hybridized carbons (Fsp3) is 0.444. The zero-order valence-corrected chi connectivity index (χ0v) is 13.9. The van der Waals surface area contributed by atoms with E-state index in [0.29, 0.717) is 31.5 Å². The summed E-state index contributed by atoms with van der Waals surface area (Å²) >= 11 is 0. The average molecular weight is 329 g/mol. The zero-order valence-electron chi connectivity index (χ0n) is 13.9. The number of aromatic nitrogens is 2. The van der Waals surface area contributed by atoms with Crippen molar-refractivity contribution in [1.29, 1.82) is 0 Å². The lowest BCUT2D eigenvalue weighted by atomic mass is 9.96. The van der Waals surface area contributed by atoms with Gasteiger partial charge in [-0.05, 0) is 31.4 Å². The normalized spacial score (nSPS) is 21.3. The van der Waals surface area contributed by atoms with Gasteiger partial charge in [0.2, 0.25) is 0 Å². The Labute approximate surface area is 141 Å². The predicted octanol–water partition coefficient (Wildman–Crippen LogP) is 1.86. The molecule has 1 unspecified atom stereocenters. The van der Waals surface area contributed by atoms with Crippen molar-refractivity contribution in [2.24, 2.45) is 7.05 Å². The Kier molecular flexibility index (Phi) is 4.85. The molecular weight excluding hydrogens is 306 g/mol. The quantitative estimate of drug-likeness (QED) is 0.930. The van der Waals surface area contributed by atoms with E-state index in [9.17, 15) is 9.90 Å². The van der Waals surface area contributed by atoms with Crippen LogP contribution >= 0.6 is 0 Å². The number of benzene rings is 1. The van der Waals surface area contributed by atoms with Crippen molar-refractivity contribution in [3.05, 3.63) is 48.3 Å². The molecule has 0 radical (unpaired) electrons. The molecule has 1 aromatic heterocycles. The largest absolute Gasteiger partial charge is 0.491 e. The van der Waals surface area contributed by atoms with Crippen LogP contribution in [0.5, 0.6) is 5.75 Å². The molecule has 1 aliphatic rings. The number of amides is 1. The van der Waals surface area contributed by atoms with Gasteiger partial charge in [0, 0.05) is 26.3 Å². The Morgan fingerprint density at radius 3 is 2.79 bits per heavy atom. The summed E-state index contributed by atoms with van der Waals surface area (Å²) in [5.74, 6) is 0.717. The number of hydrogen-bond acceptors (Lipinski definition) is 4. The first-order valence-electron chi connectivity index (χ1n) is 8.24. The molecule has 24 heavy (non-hydrogen) atoms. The van der Waals surface area contributed by atoms with Crippen LogP contribution in [-0.2, 0) is 7.05 Å². The minimum Gasteiger partial charge on any atom is -0.491 e. The molecule has 1 N–H and O–H groups in total. The van der Waals surface area contributed by atoms with Crippen LogP contribution in [0.25, 0.3) is 0 Å². The molecule has 1 aliphatic heterocycles. The van der Waals surface area contributed by atoms with Gasteiger partial charge in [0.15, 0.2) is 0 Å². The summed E-state index contributed by atoms with van der Waals surface area (Å²) in [5.41, 5.74) is -0.316. The molecule has 0 aliphatic carbocycles. The van der Waals surface area contributed by atoms with Gasteiger partial charge in [-0.2, -0.15) is 5.10 Å². The fourth-order valence-corrected chi connectivity index (χ4v) is 2.97. The van der Waals surface area contributed by atoms with Crippen LogP contribution in [0.3, 0.4) is 0 Å². The van der Waals surface area contributed by atoms with Crippen molar-refractivity contribution >= 4 is 5.91 Å². The van der Waals surface area contributed by atoms with Crippen molar-refractivity contribution in [2.75, 3.05) is 19.7 Å². The Hall–Kier alpha value is -2.34. The molecule has 0 spiro atoms. The molecule has 0 bridgehead atoms. The second-order valence-electron chi connectivity index (χ2n) is 6.37. The first-order chi connectivity index (χ1) is 11.6. The van der Waals surface area contributed by atoms with Crippen LogP contribution < -0.4 is 4.74 Å². The number of ether oxygens (including phenoxy) is 1. The van der Waals surface area contributed by atoms with E-state index in [1.165, 1.54) is 0 Å². The lowest BCUT2D eigenvalue weighted by Gasteiger charge is -2.27. The minimum atomic E-state index is -0.903. The summed E-state index contributed by atoms with van der Waals surface area (Å²) in [6, 6.07) is 9.48. The maximum atomic E-state index is 12.5. The average Bonchev–Trinajstić information content (AvgIpc) is 2.93. The predicted molar refractivity (Wildman–Crippen MR) is 89.8 cm³/mol. The highest BCUT2D eigenvalue weighted by molar-refractivity contribution is 5.93. The molecule has 1 saturated heterocycles. The summed E-state index contributed by atoms with van der Waals surface area (Å²) in [6.07, 6.45) is 5.18. The smallest absolute Gasteiger partial charge is 0.257 e. The maximum absolute atomic E-state index is 12.5. The molecule has 128 valence electrons. The zero-order chi connectivity index (χ0) is 17.0. The van der Waals surface area contributed by atoms with E-state index in [2.05, 4.69) is 5.10 Å². The number of carbonyl (C=O) groups excluding carboxylic acids is 1. The van der Waals surface area contributed by atoms with Crippen LogP contribution in [0.1, 0.15) is 29.6 Å². The fourth-order valence-electron chi connectivity index (χ4n) is 2.97. The highest BCUT2D eigenvalue weighted by atomic mass is 16.5. The SMILES string of the molecule is Cn1cc(C(=O)N2CCCC(O)(COc3ccccc3)CC2)cn1. The van der Waals surface area contributed by atoms with Crippen LogP contribution in [-0.4, -0.2) is 51.0 Å². The van der Waals surface area contributed by atoms with Crippen LogP contribution in [0.4, 0.5) is 0 Å². The number of aliphatic hydroxyl groups is 1. The Morgan fingerprint density at radius 1 is 1.29 bits per heavy atom. The van der Waals surface area contributed by atoms with E-state index in [4.69, 9.17) is 4.74 Å². The number of carbonyl (C=O) groups is 1. The summed E-state index contributed by atoms with van der Waals surface area (Å²) in [7, 11) is 1.79. The number of aryl methyl sites for hydroxylation is 1. The Bertz CT molecular complexity index is 686. The van der Waals surface area contributed by atoms with Crippen molar-refractivity contribution in [3.8, 4) is 5.75 Å². The Balaban J connectivity index is 1.58. The lowest BCUT2D eigenvalue weighted by Crippen LogP contribution is -2.38. The number of para-hydroxylation sites is 1. The molecular formula is C18H23N3O3. The lowest BCUT2D eigenvalue weighted by molar-refractivity contribution is -0.0163. The molecule has 6 heteroatoms. The van der Waals surface area contributed by atoms with Crippen LogP contribution in [0.15, 0.2) is 42.7 Å². The maximum Gasteiger partial charge on any atom is 0.257 e. The van der Waals surface area contributed by atoms with Gasteiger partial charge in [0.25, 0.3) is 5.91 Å². The van der Waals surface area contributed by atoms with Gasteiger partial charge < -0.3 is 14.7 Å². The van der Waals surface area contributed by atoms with Gasteiger partial charge in [-0.3, -0.25) is 9.48 Å². The van der Waals surface area contributed by atoms with E-state index in [1.54, 1.807) is 29.0 Å². The third-order valence-electron chi connectivity index (χ3n) is 4.41. The molecule has 1 atom stereocenters. The monoisotopic (exact) mass is 329 g/mol. The van der Waals surface area contributed by atoms with Crippen molar-refractivity contribution in [3.63, 3.8) is 0 Å². The van der Waals surface area contributed by atoms with Crippen molar-refractivity contribution in [1.82, 2.24) is 14.7 Å². The summed E-state index contributed by atoms with van der Waals surface area (Å²) in [4.78, 5) is 14.3.